The van der Waals surface area contributed by atoms with E-state index in [2.05, 4.69) is 10.7 Å². The second-order valence-electron chi connectivity index (χ2n) is 8.52. The summed E-state index contributed by atoms with van der Waals surface area (Å²) < 4.78 is 13.3. The first-order valence-corrected chi connectivity index (χ1v) is 11.0. The number of rotatable bonds is 6. The van der Waals surface area contributed by atoms with Crippen LogP contribution in [0.3, 0.4) is 0 Å². The Kier molecular flexibility index (Phi) is 6.44. The van der Waals surface area contributed by atoms with Crippen molar-refractivity contribution < 1.29 is 18.8 Å². The van der Waals surface area contributed by atoms with Crippen LogP contribution in [0.15, 0.2) is 48.5 Å². The number of hydrazine groups is 1. The Labute approximate surface area is 192 Å². The van der Waals surface area contributed by atoms with Gasteiger partial charge in [-0.3, -0.25) is 14.5 Å². The molecule has 0 saturated carbocycles. The lowest BCUT2D eigenvalue weighted by atomic mass is 9.97. The Hall–Kier alpha value is -3.30. The molecule has 4 amide bonds. The zero-order chi connectivity index (χ0) is 23.7. The summed E-state index contributed by atoms with van der Waals surface area (Å²) in [6.45, 7) is 6.12. The summed E-state index contributed by atoms with van der Waals surface area (Å²) in [6.07, 6.45) is 0. The molecule has 0 aromatic heterocycles. The molecule has 2 N–H and O–H groups in total. The van der Waals surface area contributed by atoms with E-state index in [1.54, 1.807) is 18.2 Å². The van der Waals surface area contributed by atoms with Gasteiger partial charge in [0.25, 0.3) is 5.91 Å². The number of benzene rings is 2. The van der Waals surface area contributed by atoms with Gasteiger partial charge in [0.2, 0.25) is 5.91 Å². The Bertz CT molecular complexity index is 1060. The van der Waals surface area contributed by atoms with Crippen molar-refractivity contribution in [3.8, 4) is 0 Å². The van der Waals surface area contributed by atoms with Crippen molar-refractivity contribution in [2.75, 3.05) is 18.4 Å². The van der Waals surface area contributed by atoms with Gasteiger partial charge in [-0.15, -0.1) is 0 Å². The second kappa shape index (κ2) is 9.29. The predicted molar refractivity (Wildman–Crippen MR) is 121 cm³/mol. The number of anilines is 1. The zero-order valence-corrected chi connectivity index (χ0v) is 18.9. The number of amides is 4. The fraction of sp³-hybridized carbons (Fsp3) is 0.375. The van der Waals surface area contributed by atoms with E-state index >= 15 is 0 Å². The topological polar surface area (TPSA) is 85.0 Å². The first kappa shape index (κ1) is 22.9. The van der Waals surface area contributed by atoms with Crippen LogP contribution >= 0.6 is 0 Å². The van der Waals surface area contributed by atoms with Crippen LogP contribution in [0.5, 0.6) is 0 Å². The smallest absolute Gasteiger partial charge is 0.325 e. The number of nitrogens with one attached hydrogen (secondary N) is 2. The number of urea groups is 1. The molecule has 33 heavy (non-hydrogen) atoms. The molecule has 3 atom stereocenters. The molecular formula is C24H28FN5O3. The fourth-order valence-electron chi connectivity index (χ4n) is 4.59. The third-order valence-electron chi connectivity index (χ3n) is 6.11. The predicted octanol–water partition coefficient (Wildman–Crippen LogP) is 2.50. The maximum absolute atomic E-state index is 13.5. The van der Waals surface area contributed by atoms with Gasteiger partial charge < -0.3 is 10.2 Å². The van der Waals surface area contributed by atoms with Crippen molar-refractivity contribution in [2.24, 2.45) is 0 Å². The van der Waals surface area contributed by atoms with Gasteiger partial charge in [-0.2, -0.15) is 0 Å². The van der Waals surface area contributed by atoms with Gasteiger partial charge in [0.05, 0.1) is 12.6 Å². The quantitative estimate of drug-likeness (QED) is 0.702. The van der Waals surface area contributed by atoms with Crippen LogP contribution in [-0.2, 0) is 16.1 Å². The highest BCUT2D eigenvalue weighted by atomic mass is 19.1. The van der Waals surface area contributed by atoms with Gasteiger partial charge in [0.15, 0.2) is 0 Å². The van der Waals surface area contributed by atoms with Crippen LogP contribution in [0, 0.1) is 12.7 Å². The minimum Gasteiger partial charge on any atom is -0.325 e. The maximum Gasteiger partial charge on any atom is 0.327 e. The van der Waals surface area contributed by atoms with E-state index in [9.17, 15) is 18.8 Å². The van der Waals surface area contributed by atoms with Gasteiger partial charge in [-0.25, -0.2) is 19.6 Å². The average Bonchev–Trinajstić information content (AvgIpc) is 3.12. The Balaban J connectivity index is 1.60. The number of fused-ring (bicyclic) bond motifs is 1. The van der Waals surface area contributed by atoms with E-state index in [1.807, 2.05) is 44.0 Å². The summed E-state index contributed by atoms with van der Waals surface area (Å²) in [7, 11) is 0. The normalized spacial score (nSPS) is 23.1. The number of aryl methyl sites for hydroxylation is 1. The van der Waals surface area contributed by atoms with Crippen molar-refractivity contribution in [1.29, 1.82) is 0 Å². The van der Waals surface area contributed by atoms with Crippen molar-refractivity contribution in [3.05, 3.63) is 65.5 Å². The summed E-state index contributed by atoms with van der Waals surface area (Å²) in [6, 6.07) is 11.2. The van der Waals surface area contributed by atoms with Crippen LogP contribution in [-0.4, -0.2) is 63.9 Å². The highest BCUT2D eigenvalue weighted by molar-refractivity contribution is 6.03. The lowest BCUT2D eigenvalue weighted by molar-refractivity contribution is -0.140. The Morgan fingerprint density at radius 1 is 1.15 bits per heavy atom. The largest absolute Gasteiger partial charge is 0.327 e. The van der Waals surface area contributed by atoms with Crippen LogP contribution in [0.25, 0.3) is 0 Å². The van der Waals surface area contributed by atoms with E-state index in [4.69, 9.17) is 0 Å². The highest BCUT2D eigenvalue weighted by Gasteiger charge is 2.54. The molecule has 4 rings (SSSR count). The number of imide groups is 1. The molecule has 2 aliphatic heterocycles. The number of nitrogens with zero attached hydrogens (tertiary/aromatic N) is 3. The highest BCUT2D eigenvalue weighted by Crippen LogP contribution is 2.29. The number of carbonyl (C=O) groups is 3. The average molecular weight is 454 g/mol. The van der Waals surface area contributed by atoms with Crippen LogP contribution < -0.4 is 10.7 Å². The third kappa shape index (κ3) is 4.60. The summed E-state index contributed by atoms with van der Waals surface area (Å²) in [5.41, 5.74) is 5.54. The van der Waals surface area contributed by atoms with Crippen molar-refractivity contribution >= 4 is 23.5 Å². The lowest BCUT2D eigenvalue weighted by Gasteiger charge is -2.43. The lowest BCUT2D eigenvalue weighted by Crippen LogP contribution is -2.67. The molecule has 0 spiro atoms. The molecular weight excluding hydrogens is 425 g/mol. The number of hydrogen-bond donors (Lipinski definition) is 2. The van der Waals surface area contributed by atoms with Crippen molar-refractivity contribution in [3.63, 3.8) is 0 Å². The zero-order valence-electron chi connectivity index (χ0n) is 18.9. The minimum absolute atomic E-state index is 0.00308. The van der Waals surface area contributed by atoms with E-state index in [0.717, 1.165) is 10.5 Å². The van der Waals surface area contributed by atoms with E-state index < -0.39 is 23.9 Å². The number of hydrogen-bond acceptors (Lipinski definition) is 5. The first-order valence-electron chi connectivity index (χ1n) is 11.0. The maximum atomic E-state index is 13.5. The molecule has 2 fully saturated rings. The standard InChI is InChI=1S/C24H28FN5O3/c1-4-30-22-21(16(3)27-30)28(14-20(31)26-19-7-5-6-15(2)12-19)24(33)29(23(22)32)13-17-8-10-18(25)11-9-17/h5-12,16,21-22,27H,4,13-14H2,1-3H3,(H,26,31). The number of halogens is 1. The van der Waals surface area contributed by atoms with Gasteiger partial charge in [-0.1, -0.05) is 31.2 Å². The van der Waals surface area contributed by atoms with E-state index in [-0.39, 0.29) is 30.9 Å². The molecule has 2 aromatic rings. The van der Waals surface area contributed by atoms with Crippen molar-refractivity contribution in [1.82, 2.24) is 20.2 Å². The molecule has 0 aliphatic carbocycles. The van der Waals surface area contributed by atoms with Crippen LogP contribution in [0.2, 0.25) is 0 Å². The van der Waals surface area contributed by atoms with Gasteiger partial charge in [0, 0.05) is 18.3 Å². The van der Waals surface area contributed by atoms with Gasteiger partial charge in [-0.05, 0) is 49.2 Å². The minimum atomic E-state index is -0.616. The molecule has 9 heteroatoms. The van der Waals surface area contributed by atoms with Gasteiger partial charge in [0.1, 0.15) is 18.4 Å². The molecule has 0 bridgehead atoms. The SMILES string of the molecule is CCN1NC(C)C2C1C(=O)N(Cc1ccc(F)cc1)C(=O)N2CC(=O)Nc1cccc(C)c1. The molecule has 0 radical (unpaired) electrons. The first-order chi connectivity index (χ1) is 15.8. The third-order valence-corrected chi connectivity index (χ3v) is 6.11. The molecule has 8 nitrogen and oxygen atoms in total. The van der Waals surface area contributed by atoms with Gasteiger partial charge >= 0.3 is 6.03 Å². The summed E-state index contributed by atoms with van der Waals surface area (Å²) in [5.74, 6) is -1.06. The number of likely N-dealkylation sites (N-methyl/N-ethyl adjacent to an activating group) is 1. The molecule has 2 saturated heterocycles. The fourth-order valence-corrected chi connectivity index (χ4v) is 4.59. The molecule has 3 unspecified atom stereocenters. The van der Waals surface area contributed by atoms with Crippen molar-refractivity contribution in [2.45, 2.75) is 45.4 Å². The molecule has 2 heterocycles. The molecule has 2 aliphatic rings. The number of carbonyl (C=O) groups excluding carboxylic acids is 3. The summed E-state index contributed by atoms with van der Waals surface area (Å²) in [4.78, 5) is 42.3. The van der Waals surface area contributed by atoms with Crippen LogP contribution in [0.1, 0.15) is 25.0 Å². The van der Waals surface area contributed by atoms with E-state index in [0.29, 0.717) is 17.8 Å². The van der Waals surface area contributed by atoms with Crippen LogP contribution in [0.4, 0.5) is 14.9 Å². The van der Waals surface area contributed by atoms with E-state index in [1.165, 1.54) is 17.0 Å². The molecule has 2 aromatic carbocycles. The summed E-state index contributed by atoms with van der Waals surface area (Å²) in [5, 5.41) is 4.65. The Morgan fingerprint density at radius 2 is 1.88 bits per heavy atom. The molecule has 174 valence electrons. The monoisotopic (exact) mass is 453 g/mol. The second-order valence-corrected chi connectivity index (χ2v) is 8.52. The Morgan fingerprint density at radius 3 is 2.55 bits per heavy atom. The summed E-state index contributed by atoms with van der Waals surface area (Å²) >= 11 is 0.